The maximum absolute atomic E-state index is 5.91. The Bertz CT molecular complexity index is 395. The van der Waals surface area contributed by atoms with E-state index in [1.807, 2.05) is 0 Å². The Morgan fingerprint density at radius 2 is 2.40 bits per heavy atom. The van der Waals surface area contributed by atoms with Gasteiger partial charge in [0, 0.05) is 6.54 Å². The lowest BCUT2D eigenvalue weighted by molar-refractivity contribution is 0.399. The van der Waals surface area contributed by atoms with E-state index in [1.54, 1.807) is 0 Å². The molecule has 1 aromatic heterocycles. The molecule has 0 aromatic carbocycles. The van der Waals surface area contributed by atoms with E-state index in [1.165, 1.54) is 13.4 Å². The second kappa shape index (κ2) is 4.31. The Morgan fingerprint density at radius 1 is 1.53 bits per heavy atom. The van der Waals surface area contributed by atoms with Crippen molar-refractivity contribution in [2.45, 2.75) is 0 Å². The Morgan fingerprint density at radius 3 is 3.07 bits per heavy atom. The number of rotatable bonds is 2. The molecule has 7 heteroatoms. The number of aliphatic imine (C=N–C) groups is 1. The minimum absolute atomic E-state index is 0.304. The molecule has 0 aliphatic carbocycles. The fraction of sp³-hybridized carbons (Fsp3) is 0.375. The molecule has 2 rings (SSSR count). The highest BCUT2D eigenvalue weighted by atomic mass is 35.5. The molecule has 0 unspecified atom stereocenters. The average molecular weight is 228 g/mol. The van der Waals surface area contributed by atoms with E-state index < -0.39 is 0 Å². The predicted octanol–water partition coefficient (Wildman–Crippen LogP) is 0.510. The SMILES string of the molecule is COc1ncnc(Cl)c1NC1=NCCN1. The number of nitrogens with zero attached hydrogens (tertiary/aromatic N) is 3. The molecule has 0 spiro atoms. The van der Waals surface area contributed by atoms with E-state index in [4.69, 9.17) is 16.3 Å². The van der Waals surface area contributed by atoms with Gasteiger partial charge in [-0.1, -0.05) is 11.6 Å². The fourth-order valence-corrected chi connectivity index (χ4v) is 1.38. The minimum atomic E-state index is 0.304. The van der Waals surface area contributed by atoms with Crippen LogP contribution in [-0.2, 0) is 0 Å². The zero-order chi connectivity index (χ0) is 10.7. The third-order valence-corrected chi connectivity index (χ3v) is 2.16. The number of nitrogens with one attached hydrogen (secondary N) is 2. The Balaban J connectivity index is 2.25. The summed E-state index contributed by atoms with van der Waals surface area (Å²) >= 11 is 5.91. The zero-order valence-electron chi connectivity index (χ0n) is 8.12. The number of methoxy groups -OCH3 is 1. The van der Waals surface area contributed by atoms with Crippen LogP contribution in [0.1, 0.15) is 0 Å². The first kappa shape index (κ1) is 9.97. The summed E-state index contributed by atoms with van der Waals surface area (Å²) in [4.78, 5) is 12.0. The largest absolute Gasteiger partial charge is 0.479 e. The molecule has 1 aliphatic rings. The van der Waals surface area contributed by atoms with Gasteiger partial charge >= 0.3 is 0 Å². The van der Waals surface area contributed by atoms with Crippen LogP contribution in [0.15, 0.2) is 11.3 Å². The van der Waals surface area contributed by atoms with Gasteiger partial charge in [0.1, 0.15) is 12.0 Å². The van der Waals surface area contributed by atoms with Crippen LogP contribution in [0, 0.1) is 0 Å². The van der Waals surface area contributed by atoms with Gasteiger partial charge in [0.2, 0.25) is 5.88 Å². The number of guanidine groups is 1. The van der Waals surface area contributed by atoms with Crippen molar-refractivity contribution in [2.75, 3.05) is 25.5 Å². The first-order chi connectivity index (χ1) is 7.31. The number of aromatic nitrogens is 2. The quantitative estimate of drug-likeness (QED) is 0.721. The van der Waals surface area contributed by atoms with Crippen LogP contribution in [0.4, 0.5) is 5.69 Å². The topological polar surface area (TPSA) is 71.4 Å². The lowest BCUT2D eigenvalue weighted by Gasteiger charge is -2.10. The standard InChI is InChI=1S/C8H10ClN5O/c1-15-7-5(6(9)12-4-13-7)14-8-10-2-3-11-8/h4H,2-3H2,1H3,(H2,10,11,14). The van der Waals surface area contributed by atoms with Gasteiger partial charge < -0.3 is 15.4 Å². The molecule has 0 saturated heterocycles. The minimum Gasteiger partial charge on any atom is -0.479 e. The van der Waals surface area contributed by atoms with Crippen molar-refractivity contribution < 1.29 is 4.74 Å². The monoisotopic (exact) mass is 227 g/mol. The summed E-state index contributed by atoms with van der Waals surface area (Å²) in [7, 11) is 1.52. The van der Waals surface area contributed by atoms with E-state index in [0.717, 1.165) is 13.1 Å². The van der Waals surface area contributed by atoms with Gasteiger partial charge in [0.25, 0.3) is 0 Å². The molecule has 2 heterocycles. The molecule has 2 N–H and O–H groups in total. The van der Waals surface area contributed by atoms with Gasteiger partial charge in [0.15, 0.2) is 11.1 Å². The molecule has 80 valence electrons. The van der Waals surface area contributed by atoms with E-state index in [-0.39, 0.29) is 0 Å². The summed E-state index contributed by atoms with van der Waals surface area (Å²) in [5, 5.41) is 6.34. The predicted molar refractivity (Wildman–Crippen MR) is 57.5 cm³/mol. The Hall–Kier alpha value is -1.56. The highest BCUT2D eigenvalue weighted by Crippen LogP contribution is 2.27. The highest BCUT2D eigenvalue weighted by molar-refractivity contribution is 6.32. The van der Waals surface area contributed by atoms with Crippen molar-refractivity contribution >= 4 is 23.2 Å². The van der Waals surface area contributed by atoms with Crippen molar-refractivity contribution in [3.63, 3.8) is 0 Å². The number of halogens is 1. The summed E-state index contributed by atoms with van der Waals surface area (Å²) in [6.45, 7) is 1.56. The molecule has 15 heavy (non-hydrogen) atoms. The second-order valence-corrected chi connectivity index (χ2v) is 3.19. The lowest BCUT2D eigenvalue weighted by atomic mass is 10.5. The van der Waals surface area contributed by atoms with E-state index in [9.17, 15) is 0 Å². The normalized spacial score (nSPS) is 14.4. The van der Waals surface area contributed by atoms with Crippen LogP contribution < -0.4 is 15.4 Å². The molecule has 0 fully saturated rings. The third-order valence-electron chi connectivity index (χ3n) is 1.88. The van der Waals surface area contributed by atoms with E-state index in [0.29, 0.717) is 22.7 Å². The second-order valence-electron chi connectivity index (χ2n) is 2.83. The zero-order valence-corrected chi connectivity index (χ0v) is 8.88. The molecule has 0 atom stereocenters. The first-order valence-corrected chi connectivity index (χ1v) is 4.79. The summed E-state index contributed by atoms with van der Waals surface area (Å²) < 4.78 is 5.06. The maximum Gasteiger partial charge on any atom is 0.242 e. The van der Waals surface area contributed by atoms with Gasteiger partial charge in [-0.3, -0.25) is 4.99 Å². The van der Waals surface area contributed by atoms with Gasteiger partial charge in [-0.15, -0.1) is 0 Å². The molecule has 1 aliphatic heterocycles. The van der Waals surface area contributed by atoms with Gasteiger partial charge in [-0.05, 0) is 0 Å². The Labute approximate surface area is 91.7 Å². The van der Waals surface area contributed by atoms with Gasteiger partial charge in [0.05, 0.1) is 13.7 Å². The van der Waals surface area contributed by atoms with Crippen molar-refractivity contribution in [3.05, 3.63) is 11.5 Å². The molecule has 0 saturated carbocycles. The van der Waals surface area contributed by atoms with Crippen molar-refractivity contribution in [1.29, 1.82) is 0 Å². The average Bonchev–Trinajstić information content (AvgIpc) is 2.74. The lowest BCUT2D eigenvalue weighted by Crippen LogP contribution is -2.26. The smallest absolute Gasteiger partial charge is 0.242 e. The molecular formula is C8H10ClN5O. The van der Waals surface area contributed by atoms with Gasteiger partial charge in [-0.25, -0.2) is 4.98 Å². The molecule has 1 aromatic rings. The van der Waals surface area contributed by atoms with Crippen LogP contribution in [0.2, 0.25) is 5.15 Å². The van der Waals surface area contributed by atoms with Crippen LogP contribution in [0.3, 0.4) is 0 Å². The third kappa shape index (κ3) is 2.10. The van der Waals surface area contributed by atoms with Crippen molar-refractivity contribution in [3.8, 4) is 5.88 Å². The van der Waals surface area contributed by atoms with Crippen LogP contribution in [0.25, 0.3) is 0 Å². The summed E-state index contributed by atoms with van der Waals surface area (Å²) in [6, 6.07) is 0. The number of hydrogen-bond acceptors (Lipinski definition) is 6. The summed E-state index contributed by atoms with van der Waals surface area (Å²) in [6.07, 6.45) is 1.34. The van der Waals surface area contributed by atoms with E-state index >= 15 is 0 Å². The Kier molecular flexibility index (Phi) is 2.86. The molecular weight excluding hydrogens is 218 g/mol. The fourth-order valence-electron chi connectivity index (χ4n) is 1.21. The number of hydrogen-bond donors (Lipinski definition) is 2. The highest BCUT2D eigenvalue weighted by Gasteiger charge is 2.13. The van der Waals surface area contributed by atoms with Crippen molar-refractivity contribution in [1.82, 2.24) is 15.3 Å². The first-order valence-electron chi connectivity index (χ1n) is 4.41. The van der Waals surface area contributed by atoms with Crippen molar-refractivity contribution in [2.24, 2.45) is 4.99 Å². The molecule has 0 bridgehead atoms. The summed E-state index contributed by atoms with van der Waals surface area (Å²) in [5.41, 5.74) is 0.523. The number of ether oxygens (including phenoxy) is 1. The van der Waals surface area contributed by atoms with Crippen LogP contribution in [0.5, 0.6) is 5.88 Å². The maximum atomic E-state index is 5.91. The molecule has 0 radical (unpaired) electrons. The number of anilines is 1. The summed E-state index contributed by atoms with van der Waals surface area (Å²) in [5.74, 6) is 1.05. The van der Waals surface area contributed by atoms with Gasteiger partial charge in [-0.2, -0.15) is 4.98 Å². The van der Waals surface area contributed by atoms with Crippen LogP contribution >= 0.6 is 11.6 Å². The van der Waals surface area contributed by atoms with Crippen LogP contribution in [-0.4, -0.2) is 36.1 Å². The molecule has 6 nitrogen and oxygen atoms in total. The van der Waals surface area contributed by atoms with E-state index in [2.05, 4.69) is 25.6 Å². The molecule has 0 amide bonds.